The number of carbonyl (C=O) groups is 2. The third kappa shape index (κ3) is 5.87. The van der Waals surface area contributed by atoms with Crippen molar-refractivity contribution in [1.82, 2.24) is 10.9 Å². The number of rotatable bonds is 6. The van der Waals surface area contributed by atoms with Gasteiger partial charge in [0.1, 0.15) is 18.1 Å². The Hall–Kier alpha value is -3.75. The number of ether oxygens (including phenoxy) is 1. The van der Waals surface area contributed by atoms with Crippen LogP contribution in [0, 0.1) is 0 Å². The molecule has 0 aliphatic rings. The largest absolute Gasteiger partial charge is 0.486 e. The minimum Gasteiger partial charge on any atom is -0.486 e. The minimum atomic E-state index is -4.44. The molecule has 2 N–H and O–H groups in total. The molecular weight excluding hydrogens is 401 g/mol. The number of amides is 2. The average molecular weight is 418 g/mol. The number of hydrogen-bond acceptors (Lipinski definition) is 4. The molecule has 2 aromatic carbocycles. The highest BCUT2D eigenvalue weighted by Crippen LogP contribution is 2.29. The van der Waals surface area contributed by atoms with Crippen LogP contribution < -0.4 is 15.6 Å². The van der Waals surface area contributed by atoms with E-state index >= 15 is 0 Å². The van der Waals surface area contributed by atoms with Crippen LogP contribution in [0.3, 0.4) is 0 Å². The van der Waals surface area contributed by atoms with Crippen LogP contribution in [-0.2, 0) is 24.0 Å². The van der Waals surface area contributed by atoms with Crippen molar-refractivity contribution in [2.45, 2.75) is 19.2 Å². The van der Waals surface area contributed by atoms with E-state index in [1.807, 2.05) is 18.2 Å². The fourth-order valence-corrected chi connectivity index (χ4v) is 2.48. The van der Waals surface area contributed by atoms with Gasteiger partial charge in [0.15, 0.2) is 5.76 Å². The molecule has 0 bridgehead atoms. The predicted molar refractivity (Wildman–Crippen MR) is 100 cm³/mol. The Kier molecular flexibility index (Phi) is 6.41. The van der Waals surface area contributed by atoms with E-state index in [0.29, 0.717) is 17.1 Å². The number of para-hydroxylation sites is 1. The van der Waals surface area contributed by atoms with Gasteiger partial charge in [0.05, 0.1) is 12.0 Å². The average Bonchev–Trinajstić information content (AvgIpc) is 3.20. The zero-order valence-corrected chi connectivity index (χ0v) is 15.5. The first-order chi connectivity index (χ1) is 14.3. The summed E-state index contributed by atoms with van der Waals surface area (Å²) in [5, 5.41) is 0. The monoisotopic (exact) mass is 418 g/mol. The van der Waals surface area contributed by atoms with Gasteiger partial charge in [-0.1, -0.05) is 30.3 Å². The molecule has 0 radical (unpaired) electrons. The summed E-state index contributed by atoms with van der Waals surface area (Å²) in [5.74, 6) is -0.240. The van der Waals surface area contributed by atoms with Gasteiger partial charge in [-0.25, -0.2) is 0 Å². The van der Waals surface area contributed by atoms with E-state index in [2.05, 4.69) is 10.9 Å². The van der Waals surface area contributed by atoms with Gasteiger partial charge in [0.25, 0.3) is 0 Å². The number of hydrogen-bond donors (Lipinski definition) is 2. The summed E-state index contributed by atoms with van der Waals surface area (Å²) in [7, 11) is 0. The van der Waals surface area contributed by atoms with Crippen LogP contribution >= 0.6 is 0 Å². The van der Waals surface area contributed by atoms with Crippen molar-refractivity contribution in [3.8, 4) is 5.75 Å². The number of benzene rings is 2. The van der Waals surface area contributed by atoms with E-state index in [0.717, 1.165) is 12.1 Å². The van der Waals surface area contributed by atoms with E-state index in [-0.39, 0.29) is 18.8 Å². The molecule has 3 aromatic rings. The number of carbonyl (C=O) groups excluding carboxylic acids is 2. The molecule has 0 aliphatic heterocycles. The highest BCUT2D eigenvalue weighted by molar-refractivity contribution is 5.93. The number of furan rings is 1. The summed E-state index contributed by atoms with van der Waals surface area (Å²) in [6.07, 6.45) is -4.64. The van der Waals surface area contributed by atoms with Crippen LogP contribution in [0.15, 0.2) is 71.1 Å². The quantitative estimate of drug-likeness (QED) is 0.596. The van der Waals surface area contributed by atoms with Gasteiger partial charge in [-0.15, -0.1) is 0 Å². The molecule has 1 aromatic heterocycles. The van der Waals surface area contributed by atoms with Crippen LogP contribution in [0.2, 0.25) is 0 Å². The van der Waals surface area contributed by atoms with Gasteiger partial charge in [-0.05, 0) is 42.0 Å². The molecule has 1 heterocycles. The lowest BCUT2D eigenvalue weighted by molar-refractivity contribution is -0.137. The highest BCUT2D eigenvalue weighted by atomic mass is 19.4. The summed E-state index contributed by atoms with van der Waals surface area (Å²) in [4.78, 5) is 24.0. The van der Waals surface area contributed by atoms with E-state index in [1.165, 1.54) is 18.2 Å². The Morgan fingerprint density at radius 3 is 2.27 bits per heavy atom. The molecule has 30 heavy (non-hydrogen) atoms. The molecule has 6 nitrogen and oxygen atoms in total. The second kappa shape index (κ2) is 9.17. The number of halogens is 3. The van der Waals surface area contributed by atoms with Crippen molar-refractivity contribution in [1.29, 1.82) is 0 Å². The van der Waals surface area contributed by atoms with Crippen molar-refractivity contribution in [2.24, 2.45) is 0 Å². The summed E-state index contributed by atoms with van der Waals surface area (Å²) in [6, 6.07) is 16.3. The molecule has 0 saturated carbocycles. The Bertz CT molecular complexity index is 999. The fraction of sp³-hybridized carbons (Fsp3) is 0.143. The molecule has 0 atom stereocenters. The van der Waals surface area contributed by atoms with Crippen molar-refractivity contribution in [3.05, 3.63) is 89.4 Å². The molecule has 2 amide bonds. The number of hydrazine groups is 1. The van der Waals surface area contributed by atoms with Crippen molar-refractivity contribution in [3.63, 3.8) is 0 Å². The third-order valence-electron chi connectivity index (χ3n) is 3.97. The molecule has 0 unspecified atom stereocenters. The van der Waals surface area contributed by atoms with Crippen molar-refractivity contribution < 1.29 is 31.9 Å². The van der Waals surface area contributed by atoms with Crippen LogP contribution in [0.1, 0.15) is 27.4 Å². The first-order valence-corrected chi connectivity index (χ1v) is 8.83. The summed E-state index contributed by atoms with van der Waals surface area (Å²) < 4.78 is 48.5. The van der Waals surface area contributed by atoms with E-state index in [4.69, 9.17) is 9.15 Å². The van der Waals surface area contributed by atoms with Gasteiger partial charge < -0.3 is 9.15 Å². The Morgan fingerprint density at radius 1 is 0.900 bits per heavy atom. The lowest BCUT2D eigenvalue weighted by Crippen LogP contribution is -2.42. The first kappa shape index (κ1) is 21.0. The molecule has 0 fully saturated rings. The molecule has 3 rings (SSSR count). The molecule has 0 aliphatic carbocycles. The normalized spacial score (nSPS) is 11.0. The molecule has 0 saturated heterocycles. The summed E-state index contributed by atoms with van der Waals surface area (Å²) in [6.45, 7) is 0.123. The topological polar surface area (TPSA) is 80.6 Å². The Morgan fingerprint density at radius 2 is 1.60 bits per heavy atom. The third-order valence-corrected chi connectivity index (χ3v) is 3.97. The SMILES string of the molecule is O=C(Cc1ccc(C(F)(F)F)cc1)NNC(=O)c1ccc(COc2ccccc2)o1. The van der Waals surface area contributed by atoms with Gasteiger partial charge in [-0.2, -0.15) is 13.2 Å². The van der Waals surface area contributed by atoms with Crippen molar-refractivity contribution >= 4 is 11.8 Å². The lowest BCUT2D eigenvalue weighted by atomic mass is 10.1. The lowest BCUT2D eigenvalue weighted by Gasteiger charge is -2.08. The number of nitrogens with one attached hydrogen (secondary N) is 2. The van der Waals surface area contributed by atoms with E-state index in [9.17, 15) is 22.8 Å². The second-order valence-electron chi connectivity index (χ2n) is 6.24. The van der Waals surface area contributed by atoms with Crippen LogP contribution in [0.4, 0.5) is 13.2 Å². The van der Waals surface area contributed by atoms with Gasteiger partial charge in [0.2, 0.25) is 5.91 Å². The standard InChI is InChI=1S/C21H17F3N2O4/c22-21(23,24)15-8-6-14(7-9-15)12-19(27)25-26-20(28)18-11-10-17(30-18)13-29-16-4-2-1-3-5-16/h1-11H,12-13H2,(H,25,27)(H,26,28). The van der Waals surface area contributed by atoms with E-state index in [1.54, 1.807) is 18.2 Å². The second-order valence-corrected chi connectivity index (χ2v) is 6.24. The predicted octanol–water partition coefficient (Wildman–Crippen LogP) is 3.88. The van der Waals surface area contributed by atoms with Crippen LogP contribution in [-0.4, -0.2) is 11.8 Å². The minimum absolute atomic E-state index is 0.0310. The molecule has 0 spiro atoms. The maximum Gasteiger partial charge on any atom is 0.416 e. The summed E-state index contributed by atoms with van der Waals surface area (Å²) in [5.41, 5.74) is 3.95. The van der Waals surface area contributed by atoms with Gasteiger partial charge in [0, 0.05) is 0 Å². The Labute approximate surface area is 169 Å². The van der Waals surface area contributed by atoms with Crippen LogP contribution in [0.25, 0.3) is 0 Å². The zero-order valence-electron chi connectivity index (χ0n) is 15.5. The molecular formula is C21H17F3N2O4. The first-order valence-electron chi connectivity index (χ1n) is 8.83. The fourth-order valence-electron chi connectivity index (χ4n) is 2.48. The maximum absolute atomic E-state index is 12.5. The molecule has 9 heteroatoms. The smallest absolute Gasteiger partial charge is 0.416 e. The van der Waals surface area contributed by atoms with Crippen molar-refractivity contribution in [2.75, 3.05) is 0 Å². The van der Waals surface area contributed by atoms with Gasteiger partial charge >= 0.3 is 12.1 Å². The highest BCUT2D eigenvalue weighted by Gasteiger charge is 2.30. The Balaban J connectivity index is 1.46. The van der Waals surface area contributed by atoms with E-state index < -0.39 is 23.6 Å². The maximum atomic E-state index is 12.5. The van der Waals surface area contributed by atoms with Crippen LogP contribution in [0.5, 0.6) is 5.75 Å². The summed E-state index contributed by atoms with van der Waals surface area (Å²) >= 11 is 0. The zero-order chi connectivity index (χ0) is 21.6. The molecule has 156 valence electrons. The van der Waals surface area contributed by atoms with Gasteiger partial charge in [-0.3, -0.25) is 20.4 Å². The number of alkyl halides is 3.